The van der Waals surface area contributed by atoms with Gasteiger partial charge in [-0.05, 0) is 18.8 Å². The van der Waals surface area contributed by atoms with Gasteiger partial charge in [-0.3, -0.25) is 24.2 Å². The van der Waals surface area contributed by atoms with Gasteiger partial charge in [-0.2, -0.15) is 0 Å². The number of amides is 4. The highest BCUT2D eigenvalue weighted by Crippen LogP contribution is 2.09. The fourth-order valence-corrected chi connectivity index (χ4v) is 2.72. The Morgan fingerprint density at radius 2 is 1.76 bits per heavy atom. The average molecular weight is 413 g/mol. The number of nitrogens with one attached hydrogen (secondary N) is 4. The first-order valence-electron chi connectivity index (χ1n) is 9.53. The van der Waals surface area contributed by atoms with Crippen LogP contribution in [0.2, 0.25) is 0 Å². The first kappa shape index (κ1) is 24.1. The van der Waals surface area contributed by atoms with E-state index in [-0.39, 0.29) is 31.4 Å². The van der Waals surface area contributed by atoms with Gasteiger partial charge in [0.25, 0.3) is 0 Å². The van der Waals surface area contributed by atoms with Crippen LogP contribution in [-0.4, -0.2) is 72.5 Å². The molecule has 0 spiro atoms. The van der Waals surface area contributed by atoms with Crippen molar-refractivity contribution in [3.05, 3.63) is 0 Å². The smallest absolute Gasteiger partial charge is 0.245 e. The van der Waals surface area contributed by atoms with Crippen LogP contribution in [0.3, 0.4) is 0 Å². The zero-order valence-electron chi connectivity index (χ0n) is 16.7. The number of guanidine groups is 1. The van der Waals surface area contributed by atoms with Gasteiger partial charge in [0.2, 0.25) is 23.6 Å². The Balaban J connectivity index is 2.99. The minimum absolute atomic E-state index is 0.0900. The molecule has 4 amide bonds. The van der Waals surface area contributed by atoms with Crippen LogP contribution in [0.4, 0.5) is 0 Å². The number of hydrogen-bond donors (Lipinski definition) is 7. The third-order valence-corrected chi connectivity index (χ3v) is 4.63. The van der Waals surface area contributed by atoms with E-state index in [1.807, 2.05) is 6.92 Å². The van der Waals surface area contributed by atoms with Crippen molar-refractivity contribution in [3.63, 3.8) is 0 Å². The van der Waals surface area contributed by atoms with Crippen LogP contribution in [0.5, 0.6) is 0 Å². The molecule has 0 bridgehead atoms. The summed E-state index contributed by atoms with van der Waals surface area (Å²) in [7, 11) is 0. The molecular formula is C17H31N7O5. The van der Waals surface area contributed by atoms with Gasteiger partial charge in [0.05, 0.1) is 13.2 Å². The Labute approximate surface area is 169 Å². The Hall–Kier alpha value is -2.89. The lowest BCUT2D eigenvalue weighted by Crippen LogP contribution is -2.61. The second-order valence-corrected chi connectivity index (χ2v) is 6.90. The molecule has 0 unspecified atom stereocenters. The van der Waals surface area contributed by atoms with Gasteiger partial charge in [0.1, 0.15) is 18.1 Å². The lowest BCUT2D eigenvalue weighted by Gasteiger charge is -2.28. The molecule has 0 aromatic rings. The van der Waals surface area contributed by atoms with E-state index in [1.165, 1.54) is 0 Å². The van der Waals surface area contributed by atoms with E-state index >= 15 is 0 Å². The van der Waals surface area contributed by atoms with Crippen LogP contribution in [-0.2, 0) is 19.2 Å². The molecule has 12 heteroatoms. The summed E-state index contributed by atoms with van der Waals surface area (Å²) >= 11 is 0. The number of hydrogen-bond acceptors (Lipinski definition) is 6. The van der Waals surface area contributed by atoms with Gasteiger partial charge >= 0.3 is 0 Å². The highest BCUT2D eigenvalue weighted by molar-refractivity contribution is 5.96. The fourth-order valence-electron chi connectivity index (χ4n) is 2.72. The molecule has 1 heterocycles. The summed E-state index contributed by atoms with van der Waals surface area (Å²) < 4.78 is 0. The highest BCUT2D eigenvalue weighted by Gasteiger charge is 2.32. The minimum atomic E-state index is -1.27. The molecule has 1 aliphatic heterocycles. The topological polar surface area (TPSA) is 201 Å². The number of aliphatic imine (C=N–C) groups is 1. The number of nitrogens with two attached hydrogens (primary N) is 2. The second-order valence-electron chi connectivity index (χ2n) is 6.90. The van der Waals surface area contributed by atoms with Crippen molar-refractivity contribution in [1.29, 1.82) is 0 Å². The number of aliphatic hydroxyl groups excluding tert-OH is 1. The summed E-state index contributed by atoms with van der Waals surface area (Å²) in [6.07, 6.45) is 1.17. The molecule has 29 heavy (non-hydrogen) atoms. The van der Waals surface area contributed by atoms with E-state index in [1.54, 1.807) is 6.92 Å². The van der Waals surface area contributed by atoms with Crippen molar-refractivity contribution in [2.24, 2.45) is 22.4 Å². The van der Waals surface area contributed by atoms with Crippen LogP contribution in [0.25, 0.3) is 0 Å². The molecule has 164 valence electrons. The molecule has 1 saturated heterocycles. The van der Waals surface area contributed by atoms with Crippen LogP contribution in [0.1, 0.15) is 33.1 Å². The summed E-state index contributed by atoms with van der Waals surface area (Å²) in [5.74, 6) is -2.71. The molecule has 0 saturated carbocycles. The van der Waals surface area contributed by atoms with E-state index in [2.05, 4.69) is 26.3 Å². The number of carbonyl (C=O) groups is 4. The molecule has 0 aromatic carbocycles. The normalized spacial score (nSPS) is 24.7. The van der Waals surface area contributed by atoms with Crippen LogP contribution >= 0.6 is 0 Å². The van der Waals surface area contributed by atoms with Crippen molar-refractivity contribution >= 4 is 29.6 Å². The van der Waals surface area contributed by atoms with Crippen molar-refractivity contribution in [2.75, 3.05) is 19.7 Å². The van der Waals surface area contributed by atoms with Crippen LogP contribution in [0, 0.1) is 5.92 Å². The largest absolute Gasteiger partial charge is 0.394 e. The van der Waals surface area contributed by atoms with E-state index in [0.717, 1.165) is 0 Å². The van der Waals surface area contributed by atoms with Crippen LogP contribution in [0.15, 0.2) is 4.99 Å². The number of aliphatic hydroxyl groups is 1. The lowest BCUT2D eigenvalue weighted by atomic mass is 9.97. The number of rotatable bonds is 7. The molecule has 0 aromatic heterocycles. The van der Waals surface area contributed by atoms with E-state index in [4.69, 9.17) is 11.5 Å². The Morgan fingerprint density at radius 1 is 1.10 bits per heavy atom. The quantitative estimate of drug-likeness (QED) is 0.128. The minimum Gasteiger partial charge on any atom is -0.394 e. The molecule has 4 atom stereocenters. The summed E-state index contributed by atoms with van der Waals surface area (Å²) in [6.45, 7) is 2.86. The summed E-state index contributed by atoms with van der Waals surface area (Å²) in [5.41, 5.74) is 10.5. The molecular weight excluding hydrogens is 382 g/mol. The molecule has 0 radical (unpaired) electrons. The summed E-state index contributed by atoms with van der Waals surface area (Å²) in [5, 5.41) is 19.5. The van der Waals surface area contributed by atoms with Gasteiger partial charge in [-0.15, -0.1) is 0 Å². The van der Waals surface area contributed by atoms with Crippen molar-refractivity contribution in [2.45, 2.75) is 51.2 Å². The number of nitrogens with zero attached hydrogens (tertiary/aromatic N) is 1. The summed E-state index contributed by atoms with van der Waals surface area (Å²) in [4.78, 5) is 53.5. The zero-order valence-corrected chi connectivity index (χ0v) is 16.7. The van der Waals surface area contributed by atoms with Gasteiger partial charge in [0.15, 0.2) is 5.96 Å². The Kier molecular flexibility index (Phi) is 9.86. The SMILES string of the molecule is CC[C@H](C)[C@@H]1NC(=O)[C@H](CO)NC(=O)[C@H](CCCN=C(N)N)NC(=O)CNC1=O. The van der Waals surface area contributed by atoms with Crippen molar-refractivity contribution in [1.82, 2.24) is 21.3 Å². The molecule has 1 aliphatic rings. The van der Waals surface area contributed by atoms with E-state index < -0.39 is 48.4 Å². The van der Waals surface area contributed by atoms with E-state index in [0.29, 0.717) is 12.8 Å². The maximum absolute atomic E-state index is 12.6. The van der Waals surface area contributed by atoms with Crippen molar-refractivity contribution in [3.8, 4) is 0 Å². The predicted octanol–water partition coefficient (Wildman–Crippen LogP) is -3.34. The maximum atomic E-state index is 12.6. The van der Waals surface area contributed by atoms with Crippen LogP contribution < -0.4 is 32.7 Å². The molecule has 0 aliphatic carbocycles. The number of carbonyl (C=O) groups excluding carboxylic acids is 4. The highest BCUT2D eigenvalue weighted by atomic mass is 16.3. The Bertz CT molecular complexity index is 636. The molecule has 1 fully saturated rings. The van der Waals surface area contributed by atoms with Gasteiger partial charge < -0.3 is 37.8 Å². The predicted molar refractivity (Wildman–Crippen MR) is 105 cm³/mol. The third kappa shape index (κ3) is 7.94. The Morgan fingerprint density at radius 3 is 2.34 bits per heavy atom. The average Bonchev–Trinajstić information content (AvgIpc) is 2.68. The second kappa shape index (κ2) is 11.8. The van der Waals surface area contributed by atoms with Gasteiger partial charge in [0, 0.05) is 6.54 Å². The summed E-state index contributed by atoms with van der Waals surface area (Å²) in [6, 6.07) is -3.15. The standard InChI is InChI=1S/C17H31N7O5/c1-3-9(2)13-16(29)21-7-12(26)22-10(5-4-6-20-17(18)19)14(27)23-11(8-25)15(28)24-13/h9-11,13,25H,3-8H2,1-2H3,(H,21,29)(H,22,26)(H,23,27)(H,24,28)(H4,18,19,20)/t9-,10-,11-,13-/m0/s1. The maximum Gasteiger partial charge on any atom is 0.245 e. The van der Waals surface area contributed by atoms with Gasteiger partial charge in [-0.1, -0.05) is 20.3 Å². The third-order valence-electron chi connectivity index (χ3n) is 4.63. The fraction of sp³-hybridized carbons (Fsp3) is 0.706. The van der Waals surface area contributed by atoms with Crippen molar-refractivity contribution < 1.29 is 24.3 Å². The lowest BCUT2D eigenvalue weighted by molar-refractivity contribution is -0.136. The molecule has 9 N–H and O–H groups in total. The van der Waals surface area contributed by atoms with Gasteiger partial charge in [-0.25, -0.2) is 0 Å². The zero-order chi connectivity index (χ0) is 22.0. The monoisotopic (exact) mass is 413 g/mol. The van der Waals surface area contributed by atoms with E-state index in [9.17, 15) is 24.3 Å². The molecule has 1 rings (SSSR count). The molecule has 12 nitrogen and oxygen atoms in total. The first-order chi connectivity index (χ1) is 13.7. The first-order valence-corrected chi connectivity index (χ1v) is 9.53.